The first-order valence-corrected chi connectivity index (χ1v) is 5.20. The molecule has 17 heavy (non-hydrogen) atoms. The van der Waals surface area contributed by atoms with Crippen LogP contribution in [0, 0.1) is 0 Å². The number of benzene rings is 1. The van der Waals surface area contributed by atoms with E-state index in [4.69, 9.17) is 5.73 Å². The average Bonchev–Trinajstić information content (AvgIpc) is 2.15. The molecule has 5 heteroatoms. The predicted octanol–water partition coefficient (Wildman–Crippen LogP) is 0.315. The van der Waals surface area contributed by atoms with Gasteiger partial charge in [-0.2, -0.15) is 0 Å². The van der Waals surface area contributed by atoms with Gasteiger partial charge in [0.2, 0.25) is 11.8 Å². The second-order valence-corrected chi connectivity index (χ2v) is 4.38. The molecule has 0 aliphatic rings. The summed E-state index contributed by atoms with van der Waals surface area (Å²) in [6.45, 7) is 3.07. The van der Waals surface area contributed by atoms with Crippen LogP contribution >= 0.6 is 0 Å². The fourth-order valence-corrected chi connectivity index (χ4v) is 1.31. The molecule has 5 nitrogen and oxygen atoms in total. The van der Waals surface area contributed by atoms with Crippen molar-refractivity contribution in [3.8, 4) is 5.75 Å². The molecule has 92 valence electrons. The molecular weight excluding hydrogens is 220 g/mol. The van der Waals surface area contributed by atoms with Crippen LogP contribution < -0.4 is 11.1 Å². The minimum atomic E-state index is -1.08. The summed E-state index contributed by atoms with van der Waals surface area (Å²) in [5, 5.41) is 11.8. The highest BCUT2D eigenvalue weighted by Gasteiger charge is 2.26. The Morgan fingerprint density at radius 2 is 2.06 bits per heavy atom. The van der Waals surface area contributed by atoms with E-state index < -0.39 is 11.4 Å². The summed E-state index contributed by atoms with van der Waals surface area (Å²) in [6, 6.07) is 6.39. The molecule has 0 unspecified atom stereocenters. The number of carbonyl (C=O) groups is 2. The van der Waals surface area contributed by atoms with Crippen molar-refractivity contribution in [3.05, 3.63) is 29.8 Å². The SMILES string of the molecule is CC(C)(NC(=O)Cc1cccc(O)c1)C(N)=O. The largest absolute Gasteiger partial charge is 0.508 e. The highest BCUT2D eigenvalue weighted by molar-refractivity contribution is 5.90. The fraction of sp³-hybridized carbons (Fsp3) is 0.333. The van der Waals surface area contributed by atoms with Gasteiger partial charge >= 0.3 is 0 Å². The molecule has 0 spiro atoms. The van der Waals surface area contributed by atoms with Crippen LogP contribution in [0.4, 0.5) is 0 Å². The standard InChI is InChI=1S/C12H16N2O3/c1-12(2,11(13)17)14-10(16)7-8-4-3-5-9(15)6-8/h3-6,15H,7H2,1-2H3,(H2,13,17)(H,14,16). The Labute approximate surface area is 99.6 Å². The van der Waals surface area contributed by atoms with Gasteiger partial charge in [-0.1, -0.05) is 12.1 Å². The summed E-state index contributed by atoms with van der Waals surface area (Å²) in [5.41, 5.74) is 4.74. The molecule has 0 aromatic heterocycles. The monoisotopic (exact) mass is 236 g/mol. The summed E-state index contributed by atoms with van der Waals surface area (Å²) in [6.07, 6.45) is 0.0884. The Bertz CT molecular complexity index is 441. The molecule has 0 heterocycles. The van der Waals surface area contributed by atoms with Crippen molar-refractivity contribution < 1.29 is 14.7 Å². The van der Waals surface area contributed by atoms with Crippen molar-refractivity contribution in [2.75, 3.05) is 0 Å². The summed E-state index contributed by atoms with van der Waals surface area (Å²) < 4.78 is 0. The van der Waals surface area contributed by atoms with Gasteiger partial charge in [-0.05, 0) is 31.5 Å². The Balaban J connectivity index is 2.65. The van der Waals surface area contributed by atoms with E-state index in [0.29, 0.717) is 5.56 Å². The Kier molecular flexibility index (Phi) is 3.73. The molecular formula is C12H16N2O3. The number of hydrogen-bond acceptors (Lipinski definition) is 3. The minimum absolute atomic E-state index is 0.0884. The topological polar surface area (TPSA) is 92.4 Å². The van der Waals surface area contributed by atoms with Gasteiger partial charge in [-0.15, -0.1) is 0 Å². The van der Waals surface area contributed by atoms with E-state index >= 15 is 0 Å². The van der Waals surface area contributed by atoms with Gasteiger partial charge in [0.25, 0.3) is 0 Å². The van der Waals surface area contributed by atoms with Crippen molar-refractivity contribution in [1.29, 1.82) is 0 Å². The lowest BCUT2D eigenvalue weighted by Crippen LogP contribution is -2.53. The van der Waals surface area contributed by atoms with Crippen LogP contribution in [0.1, 0.15) is 19.4 Å². The van der Waals surface area contributed by atoms with E-state index in [-0.39, 0.29) is 18.1 Å². The number of amides is 2. The number of carbonyl (C=O) groups excluding carboxylic acids is 2. The average molecular weight is 236 g/mol. The van der Waals surface area contributed by atoms with E-state index in [9.17, 15) is 14.7 Å². The van der Waals surface area contributed by atoms with Gasteiger partial charge in [0.1, 0.15) is 11.3 Å². The van der Waals surface area contributed by atoms with E-state index in [1.54, 1.807) is 12.1 Å². The zero-order valence-corrected chi connectivity index (χ0v) is 9.86. The fourth-order valence-electron chi connectivity index (χ4n) is 1.31. The second-order valence-electron chi connectivity index (χ2n) is 4.38. The molecule has 0 saturated heterocycles. The molecule has 4 N–H and O–H groups in total. The number of phenolic OH excluding ortho intramolecular Hbond substituents is 1. The first-order chi connectivity index (χ1) is 7.81. The van der Waals surface area contributed by atoms with Gasteiger partial charge < -0.3 is 16.2 Å². The lowest BCUT2D eigenvalue weighted by molar-refractivity contribution is -0.130. The zero-order chi connectivity index (χ0) is 13.1. The Morgan fingerprint density at radius 3 is 2.59 bits per heavy atom. The maximum absolute atomic E-state index is 11.6. The quantitative estimate of drug-likeness (QED) is 0.702. The highest BCUT2D eigenvalue weighted by atomic mass is 16.3. The number of nitrogens with one attached hydrogen (secondary N) is 1. The van der Waals surface area contributed by atoms with Gasteiger partial charge in [-0.3, -0.25) is 9.59 Å². The van der Waals surface area contributed by atoms with E-state index in [1.165, 1.54) is 26.0 Å². The molecule has 0 bridgehead atoms. The van der Waals surface area contributed by atoms with E-state index in [1.807, 2.05) is 0 Å². The number of hydrogen-bond donors (Lipinski definition) is 3. The molecule has 1 aromatic rings. The van der Waals surface area contributed by atoms with Crippen molar-refractivity contribution in [3.63, 3.8) is 0 Å². The number of aromatic hydroxyl groups is 1. The first-order valence-electron chi connectivity index (χ1n) is 5.20. The summed E-state index contributed by atoms with van der Waals surface area (Å²) in [7, 11) is 0. The molecule has 0 saturated carbocycles. The van der Waals surface area contributed by atoms with Crippen molar-refractivity contribution >= 4 is 11.8 Å². The number of phenols is 1. The third-order valence-corrected chi connectivity index (χ3v) is 2.34. The molecule has 2 amide bonds. The van der Waals surface area contributed by atoms with Gasteiger partial charge in [0.15, 0.2) is 0 Å². The smallest absolute Gasteiger partial charge is 0.242 e. The van der Waals surface area contributed by atoms with Gasteiger partial charge in [0, 0.05) is 0 Å². The molecule has 0 fully saturated rings. The van der Waals surface area contributed by atoms with Crippen LogP contribution in [-0.4, -0.2) is 22.5 Å². The van der Waals surface area contributed by atoms with Crippen LogP contribution in [0.25, 0.3) is 0 Å². The lowest BCUT2D eigenvalue weighted by atomic mass is 10.0. The van der Waals surface area contributed by atoms with Gasteiger partial charge in [0.05, 0.1) is 6.42 Å². The van der Waals surface area contributed by atoms with Crippen molar-refractivity contribution in [2.24, 2.45) is 5.73 Å². The Hall–Kier alpha value is -2.04. The number of rotatable bonds is 4. The van der Waals surface area contributed by atoms with E-state index in [2.05, 4.69) is 5.32 Å². The normalized spacial score (nSPS) is 10.9. The third-order valence-electron chi connectivity index (χ3n) is 2.34. The minimum Gasteiger partial charge on any atom is -0.508 e. The maximum Gasteiger partial charge on any atom is 0.242 e. The molecule has 0 aliphatic heterocycles. The molecule has 0 radical (unpaired) electrons. The predicted molar refractivity (Wildman–Crippen MR) is 63.2 cm³/mol. The molecule has 0 atom stereocenters. The molecule has 0 aliphatic carbocycles. The van der Waals surface area contributed by atoms with Crippen LogP contribution in [-0.2, 0) is 16.0 Å². The van der Waals surface area contributed by atoms with E-state index in [0.717, 1.165) is 0 Å². The summed E-state index contributed by atoms with van der Waals surface area (Å²) in [5.74, 6) is -0.814. The third kappa shape index (κ3) is 3.79. The van der Waals surface area contributed by atoms with Crippen LogP contribution in [0.3, 0.4) is 0 Å². The van der Waals surface area contributed by atoms with Crippen LogP contribution in [0.2, 0.25) is 0 Å². The van der Waals surface area contributed by atoms with Gasteiger partial charge in [-0.25, -0.2) is 0 Å². The summed E-state index contributed by atoms with van der Waals surface area (Å²) in [4.78, 5) is 22.7. The second kappa shape index (κ2) is 4.86. The van der Waals surface area contributed by atoms with Crippen molar-refractivity contribution in [2.45, 2.75) is 25.8 Å². The van der Waals surface area contributed by atoms with Crippen LogP contribution in [0.5, 0.6) is 5.75 Å². The van der Waals surface area contributed by atoms with Crippen LogP contribution in [0.15, 0.2) is 24.3 Å². The summed E-state index contributed by atoms with van der Waals surface area (Å²) >= 11 is 0. The lowest BCUT2D eigenvalue weighted by Gasteiger charge is -2.22. The highest BCUT2D eigenvalue weighted by Crippen LogP contribution is 2.11. The maximum atomic E-state index is 11.6. The molecule has 1 aromatic carbocycles. The number of nitrogens with two attached hydrogens (primary N) is 1. The molecule has 1 rings (SSSR count). The Morgan fingerprint density at radius 1 is 1.41 bits per heavy atom. The number of primary amides is 1. The zero-order valence-electron chi connectivity index (χ0n) is 9.86. The van der Waals surface area contributed by atoms with Crippen molar-refractivity contribution in [1.82, 2.24) is 5.32 Å². The first kappa shape index (κ1) is 13.0.